The Kier molecular flexibility index (Phi) is 8.93. The zero-order chi connectivity index (χ0) is 25.4. The second kappa shape index (κ2) is 11.9. The minimum Gasteiger partial charge on any atom is -0.462 e. The van der Waals surface area contributed by atoms with Gasteiger partial charge in [0.1, 0.15) is 12.4 Å². The summed E-state index contributed by atoms with van der Waals surface area (Å²) in [5.74, 6) is -0.250. The fourth-order valence-electron chi connectivity index (χ4n) is 4.29. The van der Waals surface area contributed by atoms with Crippen LogP contribution in [0.3, 0.4) is 0 Å². The van der Waals surface area contributed by atoms with Crippen LogP contribution in [0.15, 0.2) is 48.5 Å². The van der Waals surface area contributed by atoms with Crippen LogP contribution < -0.4 is 16.2 Å². The van der Waals surface area contributed by atoms with E-state index < -0.39 is 11.4 Å². The minimum atomic E-state index is -0.463. The van der Waals surface area contributed by atoms with Crippen molar-refractivity contribution in [2.75, 3.05) is 24.7 Å². The molecule has 0 atom stereocenters. The lowest BCUT2D eigenvalue weighted by Gasteiger charge is -2.26. The van der Waals surface area contributed by atoms with Crippen LogP contribution in [0.25, 0.3) is 6.08 Å². The summed E-state index contributed by atoms with van der Waals surface area (Å²) in [6.45, 7) is 6.77. The van der Waals surface area contributed by atoms with E-state index in [1.165, 1.54) is 6.08 Å². The van der Waals surface area contributed by atoms with Crippen molar-refractivity contribution >= 4 is 29.4 Å². The van der Waals surface area contributed by atoms with E-state index in [2.05, 4.69) is 0 Å². The number of hydrogen-bond acceptors (Lipinski definition) is 7. The monoisotopic (exact) mass is 480 g/mol. The molecule has 1 fully saturated rings. The maximum absolute atomic E-state index is 12.5. The number of nitrogens with two attached hydrogens (primary N) is 2. The number of hydrogen-bond donors (Lipinski definition) is 2. The van der Waals surface area contributed by atoms with Crippen LogP contribution in [0, 0.1) is 5.92 Å². The van der Waals surface area contributed by atoms with Gasteiger partial charge in [0.2, 0.25) is 0 Å². The molecule has 7 nitrogen and oxygen atoms in total. The number of ether oxygens (including phenoxy) is 3. The molecular formula is C28H36N2O5. The Morgan fingerprint density at radius 3 is 2.34 bits per heavy atom. The molecule has 188 valence electrons. The molecule has 2 aromatic carbocycles. The molecule has 0 aromatic heterocycles. The molecule has 3 rings (SSSR count). The number of carbonyl (C=O) groups excluding carboxylic acids is 2. The molecule has 4 N–H and O–H groups in total. The SMILES string of the molecule is CCOC1CCC(C(=O)Oc2ccc(/C=C/C(=O)OCC(C)(C)c3ccc(N)cc3N)cc2)CC1. The highest BCUT2D eigenvalue weighted by Crippen LogP contribution is 2.30. The summed E-state index contributed by atoms with van der Waals surface area (Å²) >= 11 is 0. The van der Waals surface area contributed by atoms with Gasteiger partial charge in [-0.2, -0.15) is 0 Å². The van der Waals surface area contributed by atoms with Crippen molar-refractivity contribution in [1.29, 1.82) is 0 Å². The molecule has 0 heterocycles. The van der Waals surface area contributed by atoms with Gasteiger partial charge >= 0.3 is 11.9 Å². The molecule has 0 unspecified atom stereocenters. The molecule has 0 radical (unpaired) electrons. The van der Waals surface area contributed by atoms with Crippen LogP contribution in [0.1, 0.15) is 57.6 Å². The van der Waals surface area contributed by atoms with E-state index in [4.69, 9.17) is 25.7 Å². The normalized spacial score (nSPS) is 18.4. The highest BCUT2D eigenvalue weighted by molar-refractivity contribution is 5.87. The summed E-state index contributed by atoms with van der Waals surface area (Å²) < 4.78 is 16.6. The summed E-state index contributed by atoms with van der Waals surface area (Å²) in [4.78, 5) is 24.7. The molecule has 1 aliphatic rings. The van der Waals surface area contributed by atoms with Gasteiger partial charge in [0.15, 0.2) is 0 Å². The maximum atomic E-state index is 12.5. The zero-order valence-electron chi connectivity index (χ0n) is 20.8. The molecule has 0 amide bonds. The van der Waals surface area contributed by atoms with Crippen molar-refractivity contribution in [3.63, 3.8) is 0 Å². The van der Waals surface area contributed by atoms with E-state index in [0.29, 0.717) is 23.7 Å². The lowest BCUT2D eigenvalue weighted by Crippen LogP contribution is -2.28. The van der Waals surface area contributed by atoms with Crippen molar-refractivity contribution in [1.82, 2.24) is 0 Å². The van der Waals surface area contributed by atoms with Gasteiger partial charge in [0.25, 0.3) is 0 Å². The topological polar surface area (TPSA) is 114 Å². The molecule has 1 aliphatic carbocycles. The summed E-state index contributed by atoms with van der Waals surface area (Å²) in [5.41, 5.74) is 14.2. The summed E-state index contributed by atoms with van der Waals surface area (Å²) in [6.07, 6.45) is 6.63. The Labute approximate surface area is 207 Å². The van der Waals surface area contributed by atoms with Gasteiger partial charge in [-0.3, -0.25) is 4.79 Å². The first-order valence-corrected chi connectivity index (χ1v) is 12.1. The number of benzene rings is 2. The average Bonchev–Trinajstić information content (AvgIpc) is 2.83. The lowest BCUT2D eigenvalue weighted by molar-refractivity contribution is -0.141. The third-order valence-corrected chi connectivity index (χ3v) is 6.30. The molecule has 0 bridgehead atoms. The number of carbonyl (C=O) groups is 2. The van der Waals surface area contributed by atoms with Crippen molar-refractivity contribution in [3.8, 4) is 5.75 Å². The van der Waals surface area contributed by atoms with E-state index in [-0.39, 0.29) is 24.6 Å². The van der Waals surface area contributed by atoms with Crippen molar-refractivity contribution in [2.24, 2.45) is 5.92 Å². The van der Waals surface area contributed by atoms with Gasteiger partial charge in [0.05, 0.1) is 12.0 Å². The average molecular weight is 481 g/mol. The third kappa shape index (κ3) is 7.59. The highest BCUT2D eigenvalue weighted by Gasteiger charge is 2.28. The number of rotatable bonds is 9. The molecular weight excluding hydrogens is 444 g/mol. The second-order valence-corrected chi connectivity index (χ2v) is 9.59. The minimum absolute atomic E-state index is 0.0890. The molecule has 0 spiro atoms. The first-order valence-electron chi connectivity index (χ1n) is 12.1. The summed E-state index contributed by atoms with van der Waals surface area (Å²) in [7, 11) is 0. The number of anilines is 2. The smallest absolute Gasteiger partial charge is 0.330 e. The lowest BCUT2D eigenvalue weighted by atomic mass is 9.84. The Hall–Kier alpha value is -3.32. The molecule has 35 heavy (non-hydrogen) atoms. The maximum Gasteiger partial charge on any atom is 0.330 e. The van der Waals surface area contributed by atoms with Gasteiger partial charge in [-0.15, -0.1) is 0 Å². The predicted octanol–water partition coefficient (Wildman–Crippen LogP) is 4.89. The summed E-state index contributed by atoms with van der Waals surface area (Å²) in [5, 5.41) is 0. The largest absolute Gasteiger partial charge is 0.462 e. The van der Waals surface area contributed by atoms with Gasteiger partial charge in [-0.25, -0.2) is 4.79 Å². The predicted molar refractivity (Wildman–Crippen MR) is 138 cm³/mol. The van der Waals surface area contributed by atoms with E-state index in [1.54, 1.807) is 42.5 Å². The molecule has 0 aliphatic heterocycles. The first kappa shape index (κ1) is 26.3. The molecule has 0 saturated heterocycles. The molecule has 2 aromatic rings. The summed E-state index contributed by atoms with van der Waals surface area (Å²) in [6, 6.07) is 12.4. The van der Waals surface area contributed by atoms with E-state index in [0.717, 1.165) is 36.8 Å². The molecule has 7 heteroatoms. The second-order valence-electron chi connectivity index (χ2n) is 9.59. The van der Waals surface area contributed by atoms with Gasteiger partial charge < -0.3 is 25.7 Å². The first-order chi connectivity index (χ1) is 16.7. The zero-order valence-corrected chi connectivity index (χ0v) is 20.8. The Balaban J connectivity index is 1.47. The van der Waals surface area contributed by atoms with Gasteiger partial charge in [0, 0.05) is 29.5 Å². The van der Waals surface area contributed by atoms with Crippen molar-refractivity contribution < 1.29 is 23.8 Å². The Bertz CT molecular complexity index is 1040. The Morgan fingerprint density at radius 1 is 1.03 bits per heavy atom. The van der Waals surface area contributed by atoms with E-state index in [1.807, 2.05) is 26.8 Å². The molecule has 1 saturated carbocycles. The van der Waals surface area contributed by atoms with Crippen LogP contribution in [0.5, 0.6) is 5.75 Å². The van der Waals surface area contributed by atoms with Gasteiger partial charge in [-0.05, 0) is 74.1 Å². The van der Waals surface area contributed by atoms with Gasteiger partial charge in [-0.1, -0.05) is 32.0 Å². The fraction of sp³-hybridized carbons (Fsp3) is 0.429. The third-order valence-electron chi connectivity index (χ3n) is 6.30. The number of esters is 2. The van der Waals surface area contributed by atoms with Crippen LogP contribution in [0.2, 0.25) is 0 Å². The fourth-order valence-corrected chi connectivity index (χ4v) is 4.29. The van der Waals surface area contributed by atoms with Crippen LogP contribution in [0.4, 0.5) is 11.4 Å². The van der Waals surface area contributed by atoms with Crippen LogP contribution in [-0.2, 0) is 24.5 Å². The highest BCUT2D eigenvalue weighted by atomic mass is 16.5. The number of nitrogen functional groups attached to an aromatic ring is 2. The van der Waals surface area contributed by atoms with Crippen LogP contribution >= 0.6 is 0 Å². The standard InChI is InChI=1S/C28H36N2O5/c1-4-33-22-13-8-20(9-14-22)27(32)35-23-11-5-19(6-12-23)7-16-26(31)34-18-28(2,3)24-15-10-21(29)17-25(24)30/h5-7,10-12,15-17,20,22H,4,8-9,13-14,18,29-30H2,1-3H3/b16-7+. The Morgan fingerprint density at radius 2 is 1.71 bits per heavy atom. The van der Waals surface area contributed by atoms with E-state index in [9.17, 15) is 9.59 Å². The van der Waals surface area contributed by atoms with Crippen LogP contribution in [-0.4, -0.2) is 31.3 Å². The quantitative estimate of drug-likeness (QED) is 0.227. The van der Waals surface area contributed by atoms with Crippen molar-refractivity contribution in [2.45, 2.75) is 58.0 Å². The van der Waals surface area contributed by atoms with Crippen molar-refractivity contribution in [3.05, 3.63) is 59.7 Å². The van der Waals surface area contributed by atoms with E-state index >= 15 is 0 Å².